The molecule has 0 aliphatic rings. The molecule has 11 heteroatoms. The van der Waals surface area contributed by atoms with Gasteiger partial charge in [0.05, 0.1) is 11.9 Å². The molecule has 186 valence electrons. The van der Waals surface area contributed by atoms with Gasteiger partial charge in [-0.2, -0.15) is 0 Å². The molecule has 0 spiro atoms. The molecule has 2 aromatic rings. The first kappa shape index (κ1) is 27.2. The molecule has 0 aliphatic carbocycles. The van der Waals surface area contributed by atoms with Crippen molar-refractivity contribution in [3.8, 4) is 0 Å². The van der Waals surface area contributed by atoms with E-state index >= 15 is 0 Å². The molecule has 1 atom stereocenters. The Morgan fingerprint density at radius 3 is 2.12 bits per heavy atom. The third-order valence-electron chi connectivity index (χ3n) is 4.95. The minimum absolute atomic E-state index is 0.0987. The van der Waals surface area contributed by atoms with E-state index in [9.17, 15) is 31.2 Å². The standard InChI is InChI=1S/C23H28F3N3O4S/c1-5-21(23(31)27-15(2)3)28(13-16-6-8-17(24)9-7-16)22(30)14-29(34(4,32)33)18-10-11-19(25)20(26)12-18/h6-12,15,21H,5,13-14H2,1-4H3,(H,27,31)/t21-/m1/s1. The summed E-state index contributed by atoms with van der Waals surface area (Å²) in [6, 6.07) is 6.63. The molecule has 0 fully saturated rings. The summed E-state index contributed by atoms with van der Waals surface area (Å²) in [5.74, 6) is -4.10. The van der Waals surface area contributed by atoms with Crippen LogP contribution in [0.2, 0.25) is 0 Å². The maximum atomic E-state index is 13.8. The average molecular weight is 500 g/mol. The van der Waals surface area contributed by atoms with Gasteiger partial charge in [-0.3, -0.25) is 13.9 Å². The van der Waals surface area contributed by atoms with Gasteiger partial charge in [-0.15, -0.1) is 0 Å². The Morgan fingerprint density at radius 2 is 1.62 bits per heavy atom. The number of amides is 2. The van der Waals surface area contributed by atoms with E-state index in [1.54, 1.807) is 20.8 Å². The van der Waals surface area contributed by atoms with Crippen molar-refractivity contribution in [2.45, 2.75) is 45.8 Å². The number of rotatable bonds is 10. The average Bonchev–Trinajstić information content (AvgIpc) is 2.74. The first-order chi connectivity index (χ1) is 15.8. The molecule has 2 rings (SSSR count). The van der Waals surface area contributed by atoms with E-state index in [1.807, 2.05) is 0 Å². The first-order valence-corrected chi connectivity index (χ1v) is 12.4. The van der Waals surface area contributed by atoms with Crippen molar-refractivity contribution in [2.75, 3.05) is 17.1 Å². The summed E-state index contributed by atoms with van der Waals surface area (Å²) in [4.78, 5) is 27.4. The van der Waals surface area contributed by atoms with Crippen molar-refractivity contribution in [1.82, 2.24) is 10.2 Å². The van der Waals surface area contributed by atoms with Crippen LogP contribution in [0.1, 0.15) is 32.8 Å². The first-order valence-electron chi connectivity index (χ1n) is 10.6. The van der Waals surface area contributed by atoms with Crippen LogP contribution in [0.15, 0.2) is 42.5 Å². The Hall–Kier alpha value is -3.08. The summed E-state index contributed by atoms with van der Waals surface area (Å²) >= 11 is 0. The number of halogens is 3. The summed E-state index contributed by atoms with van der Waals surface area (Å²) in [6.45, 7) is 4.35. The van der Waals surface area contributed by atoms with Crippen LogP contribution in [0.4, 0.5) is 18.9 Å². The molecule has 1 N–H and O–H groups in total. The molecule has 0 aromatic heterocycles. The molecule has 0 bridgehead atoms. The highest BCUT2D eigenvalue weighted by atomic mass is 32.2. The predicted molar refractivity (Wildman–Crippen MR) is 123 cm³/mol. The van der Waals surface area contributed by atoms with Gasteiger partial charge in [-0.05, 0) is 50.1 Å². The van der Waals surface area contributed by atoms with E-state index in [2.05, 4.69) is 5.32 Å². The Balaban J connectivity index is 2.45. The van der Waals surface area contributed by atoms with Gasteiger partial charge in [0.15, 0.2) is 11.6 Å². The zero-order valence-electron chi connectivity index (χ0n) is 19.4. The zero-order valence-corrected chi connectivity index (χ0v) is 20.2. The van der Waals surface area contributed by atoms with Crippen molar-refractivity contribution in [3.05, 3.63) is 65.5 Å². The summed E-state index contributed by atoms with van der Waals surface area (Å²) in [5.41, 5.74) is 0.278. The molecular formula is C23H28F3N3O4S. The van der Waals surface area contributed by atoms with Gasteiger partial charge in [-0.25, -0.2) is 21.6 Å². The van der Waals surface area contributed by atoms with Gasteiger partial charge in [0.1, 0.15) is 18.4 Å². The third kappa shape index (κ3) is 7.21. The van der Waals surface area contributed by atoms with Crippen LogP contribution in [0.3, 0.4) is 0 Å². The van der Waals surface area contributed by atoms with Crippen LogP contribution in [0, 0.1) is 17.5 Å². The normalized spacial score (nSPS) is 12.4. The van der Waals surface area contributed by atoms with Gasteiger partial charge in [0.2, 0.25) is 21.8 Å². The Kier molecular flexibility index (Phi) is 9.08. The second kappa shape index (κ2) is 11.4. The summed E-state index contributed by atoms with van der Waals surface area (Å²) < 4.78 is 66.0. The highest BCUT2D eigenvalue weighted by molar-refractivity contribution is 7.92. The van der Waals surface area contributed by atoms with Crippen molar-refractivity contribution >= 4 is 27.5 Å². The van der Waals surface area contributed by atoms with E-state index in [-0.39, 0.29) is 24.7 Å². The smallest absolute Gasteiger partial charge is 0.244 e. The number of carbonyl (C=O) groups is 2. The largest absolute Gasteiger partial charge is 0.352 e. The number of sulfonamides is 1. The van der Waals surface area contributed by atoms with Gasteiger partial charge < -0.3 is 10.2 Å². The lowest BCUT2D eigenvalue weighted by Crippen LogP contribution is -2.53. The Labute approximate surface area is 197 Å². The quantitative estimate of drug-likeness (QED) is 0.544. The molecule has 0 aliphatic heterocycles. The second-order valence-corrected chi connectivity index (χ2v) is 10.0. The van der Waals surface area contributed by atoms with Gasteiger partial charge in [0, 0.05) is 18.7 Å². The van der Waals surface area contributed by atoms with Crippen LogP contribution in [-0.2, 0) is 26.2 Å². The van der Waals surface area contributed by atoms with E-state index < -0.39 is 51.9 Å². The molecule has 2 aromatic carbocycles. The molecule has 0 saturated heterocycles. The number of nitrogens with zero attached hydrogens (tertiary/aromatic N) is 2. The van der Waals surface area contributed by atoms with Crippen molar-refractivity contribution in [3.63, 3.8) is 0 Å². The van der Waals surface area contributed by atoms with E-state index in [0.717, 1.165) is 18.4 Å². The zero-order chi connectivity index (χ0) is 25.6. The number of carbonyl (C=O) groups excluding carboxylic acids is 2. The van der Waals surface area contributed by atoms with Crippen LogP contribution in [0.5, 0.6) is 0 Å². The minimum Gasteiger partial charge on any atom is -0.352 e. The fourth-order valence-corrected chi connectivity index (χ4v) is 4.18. The number of hydrogen-bond acceptors (Lipinski definition) is 4. The maximum Gasteiger partial charge on any atom is 0.244 e. The lowest BCUT2D eigenvalue weighted by molar-refractivity contribution is -0.140. The van der Waals surface area contributed by atoms with Crippen molar-refractivity contribution in [1.29, 1.82) is 0 Å². The molecular weight excluding hydrogens is 471 g/mol. The third-order valence-corrected chi connectivity index (χ3v) is 6.09. The van der Waals surface area contributed by atoms with Crippen LogP contribution in [0.25, 0.3) is 0 Å². The summed E-state index contributed by atoms with van der Waals surface area (Å²) in [5, 5.41) is 2.74. The van der Waals surface area contributed by atoms with Crippen molar-refractivity contribution in [2.24, 2.45) is 0 Å². The van der Waals surface area contributed by atoms with Gasteiger partial charge >= 0.3 is 0 Å². The molecule has 7 nitrogen and oxygen atoms in total. The molecule has 0 unspecified atom stereocenters. The van der Waals surface area contributed by atoms with Crippen LogP contribution in [-0.4, -0.2) is 50.0 Å². The minimum atomic E-state index is -4.08. The molecule has 0 heterocycles. The number of anilines is 1. The highest BCUT2D eigenvalue weighted by Crippen LogP contribution is 2.22. The van der Waals surface area contributed by atoms with Gasteiger partial charge in [-0.1, -0.05) is 19.1 Å². The number of nitrogens with one attached hydrogen (secondary N) is 1. The topological polar surface area (TPSA) is 86.8 Å². The molecule has 0 radical (unpaired) electrons. The van der Waals surface area contributed by atoms with Crippen LogP contribution >= 0.6 is 0 Å². The fourth-order valence-electron chi connectivity index (χ4n) is 3.34. The fraction of sp³-hybridized carbons (Fsp3) is 0.391. The molecule has 2 amide bonds. The van der Waals surface area contributed by atoms with Crippen LogP contribution < -0.4 is 9.62 Å². The van der Waals surface area contributed by atoms with E-state index in [1.165, 1.54) is 29.2 Å². The second-order valence-electron chi connectivity index (χ2n) is 8.10. The lowest BCUT2D eigenvalue weighted by atomic mass is 10.1. The van der Waals surface area contributed by atoms with E-state index in [4.69, 9.17) is 0 Å². The number of hydrogen-bond donors (Lipinski definition) is 1. The maximum absolute atomic E-state index is 13.8. The Bertz CT molecular complexity index is 1120. The van der Waals surface area contributed by atoms with E-state index in [0.29, 0.717) is 15.9 Å². The highest BCUT2D eigenvalue weighted by Gasteiger charge is 2.32. The molecule has 34 heavy (non-hydrogen) atoms. The SMILES string of the molecule is CC[C@H](C(=O)NC(C)C)N(Cc1ccc(F)cc1)C(=O)CN(c1ccc(F)c(F)c1)S(C)(=O)=O. The monoisotopic (exact) mass is 499 g/mol. The molecule has 0 saturated carbocycles. The van der Waals surface area contributed by atoms with Gasteiger partial charge in [0.25, 0.3) is 0 Å². The lowest BCUT2D eigenvalue weighted by Gasteiger charge is -2.33. The summed E-state index contributed by atoms with van der Waals surface area (Å²) in [7, 11) is -4.08. The van der Waals surface area contributed by atoms with Crippen molar-refractivity contribution < 1.29 is 31.2 Å². The Morgan fingerprint density at radius 1 is 1.00 bits per heavy atom. The predicted octanol–water partition coefficient (Wildman–Crippen LogP) is 3.20. The summed E-state index contributed by atoms with van der Waals surface area (Å²) in [6.07, 6.45) is 1.05. The number of benzene rings is 2.